The van der Waals surface area contributed by atoms with E-state index in [0.29, 0.717) is 0 Å². The first-order valence-electron chi connectivity index (χ1n) is 10.1. The van der Waals surface area contributed by atoms with E-state index >= 15 is 0 Å². The summed E-state index contributed by atoms with van der Waals surface area (Å²) < 4.78 is 12.2. The summed E-state index contributed by atoms with van der Waals surface area (Å²) in [4.78, 5) is 25.5. The standard InChI is InChI=1S/C25H24N2O4/c1-3-13-26-23(28)21-22(24(29)27-14-4-2)31-25(30-21)20-18-11-7-5-9-16(18)15-17-10-6-8-12-19(17)20/h3-12,15,21-22,25H,1-2,13-14H2,(H,26,28)(H,27,29)/t21-,22-/m1/s1. The lowest BCUT2D eigenvalue weighted by atomic mass is 9.96. The number of nitrogens with one attached hydrogen (secondary N) is 2. The SMILES string of the molecule is C=CCNC(=O)[C@@H]1OC(c2c3ccccc3cc3ccccc23)O[C@H]1C(=O)NCC=C. The van der Waals surface area contributed by atoms with Crippen LogP contribution in [0.15, 0.2) is 79.9 Å². The molecule has 0 aromatic heterocycles. The molecule has 3 aromatic carbocycles. The number of carbonyl (C=O) groups is 2. The maximum Gasteiger partial charge on any atom is 0.252 e. The minimum atomic E-state index is -1.09. The van der Waals surface area contributed by atoms with Crippen LogP contribution >= 0.6 is 0 Å². The average molecular weight is 416 g/mol. The predicted octanol–water partition coefficient (Wildman–Crippen LogP) is 3.38. The van der Waals surface area contributed by atoms with Gasteiger partial charge in [0.2, 0.25) is 0 Å². The number of carbonyl (C=O) groups excluding carboxylic acids is 2. The highest BCUT2D eigenvalue weighted by Gasteiger charge is 2.46. The van der Waals surface area contributed by atoms with Crippen molar-refractivity contribution in [2.75, 3.05) is 13.1 Å². The summed E-state index contributed by atoms with van der Waals surface area (Å²) in [6.07, 6.45) is 0.0711. The van der Waals surface area contributed by atoms with Crippen LogP contribution in [0.25, 0.3) is 21.5 Å². The molecule has 3 aromatic rings. The van der Waals surface area contributed by atoms with E-state index < -0.39 is 30.3 Å². The Morgan fingerprint density at radius 2 is 1.26 bits per heavy atom. The quantitative estimate of drug-likeness (QED) is 0.457. The molecular weight excluding hydrogens is 392 g/mol. The summed E-state index contributed by atoms with van der Waals surface area (Å²) >= 11 is 0. The molecule has 0 spiro atoms. The summed E-state index contributed by atoms with van der Waals surface area (Å²) in [5.41, 5.74) is 0.800. The van der Waals surface area contributed by atoms with Gasteiger partial charge in [0.05, 0.1) is 0 Å². The van der Waals surface area contributed by atoms with Crippen LogP contribution < -0.4 is 10.6 Å². The first-order chi connectivity index (χ1) is 15.1. The van der Waals surface area contributed by atoms with E-state index in [4.69, 9.17) is 9.47 Å². The summed E-state index contributed by atoms with van der Waals surface area (Å²) in [6, 6.07) is 17.9. The van der Waals surface area contributed by atoms with Gasteiger partial charge in [-0.15, -0.1) is 13.2 Å². The van der Waals surface area contributed by atoms with Crippen molar-refractivity contribution < 1.29 is 19.1 Å². The molecule has 158 valence electrons. The Morgan fingerprint density at radius 1 is 0.806 bits per heavy atom. The van der Waals surface area contributed by atoms with Crippen LogP contribution in [0.5, 0.6) is 0 Å². The molecule has 6 heteroatoms. The largest absolute Gasteiger partial charge is 0.350 e. The van der Waals surface area contributed by atoms with Gasteiger partial charge in [-0.25, -0.2) is 0 Å². The Morgan fingerprint density at radius 3 is 1.71 bits per heavy atom. The molecule has 6 nitrogen and oxygen atoms in total. The first-order valence-corrected chi connectivity index (χ1v) is 10.1. The van der Waals surface area contributed by atoms with Crippen LogP contribution in [0, 0.1) is 0 Å². The molecule has 0 radical (unpaired) electrons. The number of amides is 2. The summed E-state index contributed by atoms with van der Waals surface area (Å²) in [6.45, 7) is 7.75. The Labute approximate surface area is 180 Å². The normalized spacial score (nSPS) is 18.7. The second-order valence-electron chi connectivity index (χ2n) is 7.25. The Bertz CT molecular complexity index is 1070. The maximum absolute atomic E-state index is 12.7. The van der Waals surface area contributed by atoms with E-state index in [1.807, 2.05) is 48.5 Å². The van der Waals surface area contributed by atoms with Gasteiger partial charge >= 0.3 is 0 Å². The van der Waals surface area contributed by atoms with E-state index in [1.165, 1.54) is 0 Å². The molecule has 4 rings (SSSR count). The van der Waals surface area contributed by atoms with Gasteiger partial charge in [0, 0.05) is 18.7 Å². The van der Waals surface area contributed by atoms with E-state index in [0.717, 1.165) is 27.1 Å². The van der Waals surface area contributed by atoms with Gasteiger partial charge in [-0.1, -0.05) is 60.7 Å². The number of ether oxygens (including phenoxy) is 2. The fourth-order valence-electron chi connectivity index (χ4n) is 3.83. The Kier molecular flexibility index (Phi) is 6.11. The van der Waals surface area contributed by atoms with Gasteiger partial charge in [-0.2, -0.15) is 0 Å². The number of hydrogen-bond acceptors (Lipinski definition) is 4. The monoisotopic (exact) mass is 416 g/mol. The Hall–Kier alpha value is -3.48. The van der Waals surface area contributed by atoms with Crippen molar-refractivity contribution >= 4 is 33.4 Å². The van der Waals surface area contributed by atoms with Gasteiger partial charge in [0.25, 0.3) is 11.8 Å². The molecule has 0 bridgehead atoms. The predicted molar refractivity (Wildman–Crippen MR) is 120 cm³/mol. The number of benzene rings is 3. The van der Waals surface area contributed by atoms with E-state index in [-0.39, 0.29) is 13.1 Å². The topological polar surface area (TPSA) is 76.7 Å². The molecule has 1 aliphatic heterocycles. The van der Waals surface area contributed by atoms with Crippen LogP contribution in [0.1, 0.15) is 11.9 Å². The first kappa shape index (κ1) is 20.8. The van der Waals surface area contributed by atoms with Crippen LogP contribution in [0.2, 0.25) is 0 Å². The fourth-order valence-corrected chi connectivity index (χ4v) is 3.83. The van der Waals surface area contributed by atoms with Gasteiger partial charge < -0.3 is 20.1 Å². The number of hydrogen-bond donors (Lipinski definition) is 2. The van der Waals surface area contributed by atoms with Gasteiger partial charge in [0.15, 0.2) is 18.5 Å². The molecule has 2 amide bonds. The zero-order valence-electron chi connectivity index (χ0n) is 17.0. The van der Waals surface area contributed by atoms with Crippen molar-refractivity contribution in [2.45, 2.75) is 18.5 Å². The lowest BCUT2D eigenvalue weighted by Gasteiger charge is -2.17. The number of fused-ring (bicyclic) bond motifs is 2. The molecule has 0 saturated carbocycles. The van der Waals surface area contributed by atoms with Gasteiger partial charge in [-0.05, 0) is 27.6 Å². The second-order valence-corrected chi connectivity index (χ2v) is 7.25. The van der Waals surface area contributed by atoms with Crippen LogP contribution in [0.3, 0.4) is 0 Å². The molecular formula is C25H24N2O4. The van der Waals surface area contributed by atoms with Crippen LogP contribution in [-0.4, -0.2) is 37.1 Å². The van der Waals surface area contributed by atoms with E-state index in [9.17, 15) is 9.59 Å². The van der Waals surface area contributed by atoms with Crippen molar-refractivity contribution in [3.63, 3.8) is 0 Å². The van der Waals surface area contributed by atoms with Gasteiger partial charge in [-0.3, -0.25) is 9.59 Å². The molecule has 2 atom stereocenters. The minimum Gasteiger partial charge on any atom is -0.350 e. The molecule has 1 aliphatic rings. The molecule has 0 unspecified atom stereocenters. The zero-order valence-corrected chi connectivity index (χ0v) is 17.0. The van der Waals surface area contributed by atoms with E-state index in [2.05, 4.69) is 29.9 Å². The van der Waals surface area contributed by atoms with Crippen molar-refractivity contribution in [1.29, 1.82) is 0 Å². The van der Waals surface area contributed by atoms with Crippen molar-refractivity contribution in [2.24, 2.45) is 0 Å². The smallest absolute Gasteiger partial charge is 0.252 e. The lowest BCUT2D eigenvalue weighted by Crippen LogP contribution is -2.47. The zero-order chi connectivity index (χ0) is 21.8. The molecule has 1 fully saturated rings. The molecule has 2 N–H and O–H groups in total. The summed E-state index contributed by atoms with van der Waals surface area (Å²) in [7, 11) is 0. The lowest BCUT2D eigenvalue weighted by molar-refractivity contribution is -0.137. The van der Waals surface area contributed by atoms with Crippen molar-refractivity contribution in [3.8, 4) is 0 Å². The molecule has 31 heavy (non-hydrogen) atoms. The second kappa shape index (κ2) is 9.12. The summed E-state index contributed by atoms with van der Waals surface area (Å²) in [5.74, 6) is -0.851. The third-order valence-corrected chi connectivity index (χ3v) is 5.22. The highest BCUT2D eigenvalue weighted by molar-refractivity contribution is 6.02. The fraction of sp³-hybridized carbons (Fsp3) is 0.200. The summed E-state index contributed by atoms with van der Waals surface area (Å²) in [5, 5.41) is 9.34. The minimum absolute atomic E-state index is 0.265. The Balaban J connectivity index is 1.77. The highest BCUT2D eigenvalue weighted by atomic mass is 16.7. The third kappa shape index (κ3) is 4.08. The van der Waals surface area contributed by atoms with E-state index in [1.54, 1.807) is 12.2 Å². The highest BCUT2D eigenvalue weighted by Crippen LogP contribution is 2.40. The van der Waals surface area contributed by atoms with Gasteiger partial charge in [0.1, 0.15) is 0 Å². The molecule has 1 heterocycles. The molecule has 1 saturated heterocycles. The van der Waals surface area contributed by atoms with Crippen molar-refractivity contribution in [3.05, 3.63) is 85.5 Å². The van der Waals surface area contributed by atoms with Crippen molar-refractivity contribution in [1.82, 2.24) is 10.6 Å². The number of rotatable bonds is 7. The maximum atomic E-state index is 12.7. The van der Waals surface area contributed by atoms with Crippen LogP contribution in [0.4, 0.5) is 0 Å². The average Bonchev–Trinajstić information content (AvgIpc) is 3.24. The third-order valence-electron chi connectivity index (χ3n) is 5.22. The molecule has 0 aliphatic carbocycles. The van der Waals surface area contributed by atoms with Crippen LogP contribution in [-0.2, 0) is 19.1 Å².